The first kappa shape index (κ1) is 22.0. The van der Waals surface area contributed by atoms with Gasteiger partial charge in [-0.1, -0.05) is 12.1 Å². The van der Waals surface area contributed by atoms with Crippen molar-refractivity contribution >= 4 is 17.6 Å². The molecule has 0 radical (unpaired) electrons. The van der Waals surface area contributed by atoms with Crippen LogP contribution in [0, 0.1) is 0 Å². The number of rotatable bonds is 6. The van der Waals surface area contributed by atoms with Gasteiger partial charge in [-0.25, -0.2) is 9.97 Å². The van der Waals surface area contributed by atoms with Crippen molar-refractivity contribution in [1.82, 2.24) is 19.8 Å². The Morgan fingerprint density at radius 2 is 1.94 bits per heavy atom. The van der Waals surface area contributed by atoms with E-state index in [2.05, 4.69) is 5.32 Å². The maximum atomic E-state index is 12.8. The van der Waals surface area contributed by atoms with Crippen LogP contribution in [-0.4, -0.2) is 65.4 Å². The van der Waals surface area contributed by atoms with Crippen LogP contribution < -0.4 is 10.1 Å². The third-order valence-electron chi connectivity index (χ3n) is 6.46. The molecule has 2 aliphatic heterocycles. The molecule has 0 aliphatic carbocycles. The second-order valence-corrected chi connectivity index (χ2v) is 8.47. The van der Waals surface area contributed by atoms with Crippen molar-refractivity contribution in [3.63, 3.8) is 0 Å². The van der Waals surface area contributed by atoms with E-state index in [1.54, 1.807) is 14.0 Å². The van der Waals surface area contributed by atoms with Crippen molar-refractivity contribution in [3.8, 4) is 5.75 Å². The zero-order valence-corrected chi connectivity index (χ0v) is 19.1. The van der Waals surface area contributed by atoms with E-state index in [-0.39, 0.29) is 17.7 Å². The quantitative estimate of drug-likeness (QED) is 0.747. The lowest BCUT2D eigenvalue weighted by Gasteiger charge is -2.29. The van der Waals surface area contributed by atoms with Gasteiger partial charge in [0.05, 0.1) is 19.3 Å². The Labute approximate surface area is 189 Å². The number of nitrogens with one attached hydrogen (secondary N) is 1. The van der Waals surface area contributed by atoms with Gasteiger partial charge in [0.2, 0.25) is 11.8 Å². The van der Waals surface area contributed by atoms with Crippen molar-refractivity contribution in [2.24, 2.45) is 0 Å². The molecule has 170 valence electrons. The first-order valence-electron chi connectivity index (χ1n) is 11.2. The van der Waals surface area contributed by atoms with E-state index in [1.807, 2.05) is 41.1 Å². The summed E-state index contributed by atoms with van der Waals surface area (Å²) in [6, 6.07) is 7.85. The number of aromatic nitrogens is 2. The Kier molecular flexibility index (Phi) is 6.58. The van der Waals surface area contributed by atoms with Crippen molar-refractivity contribution in [3.05, 3.63) is 46.9 Å². The molecular formula is C24H31N5O3. The van der Waals surface area contributed by atoms with Gasteiger partial charge >= 0.3 is 0 Å². The number of fused-ring (bicyclic) bond motifs is 1. The highest BCUT2D eigenvalue weighted by molar-refractivity contribution is 5.77. The van der Waals surface area contributed by atoms with Gasteiger partial charge in [-0.05, 0) is 37.0 Å². The van der Waals surface area contributed by atoms with Gasteiger partial charge in [0, 0.05) is 51.5 Å². The van der Waals surface area contributed by atoms with Crippen molar-refractivity contribution < 1.29 is 14.3 Å². The lowest BCUT2D eigenvalue weighted by molar-refractivity contribution is -0.130. The Balaban J connectivity index is 1.40. The zero-order chi connectivity index (χ0) is 22.7. The fourth-order valence-electron chi connectivity index (χ4n) is 4.51. The Hall–Kier alpha value is -3.16. The van der Waals surface area contributed by atoms with Crippen LogP contribution in [0.25, 0.3) is 0 Å². The summed E-state index contributed by atoms with van der Waals surface area (Å²) in [4.78, 5) is 38.0. The van der Waals surface area contributed by atoms with Crippen LogP contribution in [0.15, 0.2) is 24.3 Å². The van der Waals surface area contributed by atoms with Crippen LogP contribution in [0.4, 0.5) is 5.82 Å². The topological polar surface area (TPSA) is 87.7 Å². The lowest BCUT2D eigenvalue weighted by atomic mass is 10.0. The average Bonchev–Trinajstić information content (AvgIpc) is 3.32. The molecule has 4 rings (SSSR count). The first-order chi connectivity index (χ1) is 15.5. The summed E-state index contributed by atoms with van der Waals surface area (Å²) in [5, 5.41) is 3.20. The van der Waals surface area contributed by atoms with Crippen molar-refractivity contribution in [2.45, 2.75) is 45.1 Å². The number of hydrogen-bond acceptors (Lipinski definition) is 6. The van der Waals surface area contributed by atoms with Gasteiger partial charge in [-0.2, -0.15) is 0 Å². The summed E-state index contributed by atoms with van der Waals surface area (Å²) in [6.07, 6.45) is 2.81. The van der Waals surface area contributed by atoms with Crippen LogP contribution in [0.1, 0.15) is 48.3 Å². The smallest absolute Gasteiger partial charge is 0.222 e. The number of carbonyl (C=O) groups excluding carboxylic acids is 2. The fourth-order valence-corrected chi connectivity index (χ4v) is 4.51. The van der Waals surface area contributed by atoms with Gasteiger partial charge in [-0.15, -0.1) is 0 Å². The van der Waals surface area contributed by atoms with Gasteiger partial charge < -0.3 is 19.9 Å². The number of amides is 2. The molecule has 0 saturated carbocycles. The molecule has 2 amide bonds. The molecule has 8 nitrogen and oxygen atoms in total. The summed E-state index contributed by atoms with van der Waals surface area (Å²) >= 11 is 0. The van der Waals surface area contributed by atoms with Gasteiger partial charge in [0.25, 0.3) is 0 Å². The molecular weight excluding hydrogens is 406 g/mol. The molecule has 1 saturated heterocycles. The van der Waals surface area contributed by atoms with E-state index in [1.165, 1.54) is 0 Å². The number of nitrogens with zero attached hydrogens (tertiary/aromatic N) is 4. The molecule has 1 fully saturated rings. The maximum absolute atomic E-state index is 12.8. The minimum atomic E-state index is 0.0660. The van der Waals surface area contributed by atoms with Crippen LogP contribution in [0.2, 0.25) is 0 Å². The first-order valence-corrected chi connectivity index (χ1v) is 11.2. The Bertz CT molecular complexity index is 992. The third kappa shape index (κ3) is 4.69. The molecule has 2 aliphatic rings. The SMILES string of the molecule is CNc1nc(C2CCN(C(=O)CCc3ccc(OC)cc3)C2)nc2c1CCN(C(C)=O)C2. The number of anilines is 1. The monoisotopic (exact) mass is 437 g/mol. The molecule has 1 atom stereocenters. The van der Waals surface area contributed by atoms with E-state index in [9.17, 15) is 9.59 Å². The minimum Gasteiger partial charge on any atom is -0.497 e. The van der Waals surface area contributed by atoms with Crippen LogP contribution in [0.5, 0.6) is 5.75 Å². The number of likely N-dealkylation sites (tertiary alicyclic amines) is 1. The van der Waals surface area contributed by atoms with Crippen molar-refractivity contribution in [2.75, 3.05) is 39.1 Å². The summed E-state index contributed by atoms with van der Waals surface area (Å²) in [5.74, 6) is 2.78. The average molecular weight is 438 g/mol. The lowest BCUT2D eigenvalue weighted by Crippen LogP contribution is -2.35. The molecule has 2 aromatic rings. The fraction of sp³-hybridized carbons (Fsp3) is 0.500. The van der Waals surface area contributed by atoms with Crippen molar-refractivity contribution in [1.29, 1.82) is 0 Å². The Morgan fingerprint density at radius 1 is 1.16 bits per heavy atom. The molecule has 0 spiro atoms. The van der Waals surface area contributed by atoms with Gasteiger partial charge in [-0.3, -0.25) is 9.59 Å². The predicted molar refractivity (Wildman–Crippen MR) is 122 cm³/mol. The molecule has 1 N–H and O–H groups in total. The maximum Gasteiger partial charge on any atom is 0.222 e. The highest BCUT2D eigenvalue weighted by Gasteiger charge is 2.31. The van der Waals surface area contributed by atoms with Crippen LogP contribution in [0.3, 0.4) is 0 Å². The Morgan fingerprint density at radius 3 is 2.62 bits per heavy atom. The molecule has 1 unspecified atom stereocenters. The number of ether oxygens (including phenoxy) is 1. The highest BCUT2D eigenvalue weighted by atomic mass is 16.5. The number of methoxy groups -OCH3 is 1. The normalized spacial score (nSPS) is 17.8. The number of benzene rings is 1. The number of aryl methyl sites for hydroxylation is 1. The number of carbonyl (C=O) groups is 2. The van der Waals surface area contributed by atoms with Crippen LogP contribution >= 0.6 is 0 Å². The third-order valence-corrected chi connectivity index (χ3v) is 6.46. The molecule has 1 aromatic heterocycles. The summed E-state index contributed by atoms with van der Waals surface area (Å²) < 4.78 is 5.19. The molecule has 1 aromatic carbocycles. The summed E-state index contributed by atoms with van der Waals surface area (Å²) in [6.45, 7) is 4.17. The van der Waals surface area contributed by atoms with E-state index in [0.29, 0.717) is 32.5 Å². The largest absolute Gasteiger partial charge is 0.497 e. The second-order valence-electron chi connectivity index (χ2n) is 8.47. The second kappa shape index (κ2) is 9.54. The highest BCUT2D eigenvalue weighted by Crippen LogP contribution is 2.30. The van der Waals surface area contributed by atoms with Gasteiger partial charge in [0.1, 0.15) is 17.4 Å². The summed E-state index contributed by atoms with van der Waals surface area (Å²) in [5.41, 5.74) is 3.14. The van der Waals surface area contributed by atoms with E-state index < -0.39 is 0 Å². The van der Waals surface area contributed by atoms with E-state index in [4.69, 9.17) is 14.7 Å². The van der Waals surface area contributed by atoms with E-state index in [0.717, 1.165) is 53.6 Å². The minimum absolute atomic E-state index is 0.0660. The summed E-state index contributed by atoms with van der Waals surface area (Å²) in [7, 11) is 3.51. The molecule has 32 heavy (non-hydrogen) atoms. The van der Waals surface area contributed by atoms with E-state index >= 15 is 0 Å². The zero-order valence-electron chi connectivity index (χ0n) is 19.1. The van der Waals surface area contributed by atoms with Crippen LogP contribution in [-0.2, 0) is 29.0 Å². The standard InChI is InChI=1S/C24H31N5O3/c1-16(30)28-13-11-20-21(15-28)26-23(27-24(20)25-2)18-10-12-29(14-18)22(31)9-6-17-4-7-19(32-3)8-5-17/h4-5,7-8,18H,6,9-15H2,1-3H3,(H,25,26,27). The number of hydrogen-bond donors (Lipinski definition) is 1. The molecule has 3 heterocycles. The predicted octanol–water partition coefficient (Wildman–Crippen LogP) is 2.38. The van der Waals surface area contributed by atoms with Gasteiger partial charge in [0.15, 0.2) is 0 Å². The molecule has 0 bridgehead atoms. The molecule has 8 heteroatoms.